The third-order valence-corrected chi connectivity index (χ3v) is 8.18. The van der Waals surface area contributed by atoms with E-state index in [1.807, 2.05) is 0 Å². The van der Waals surface area contributed by atoms with Crippen LogP contribution >= 0.6 is 0 Å². The normalized spacial score (nSPS) is 30.8. The minimum absolute atomic E-state index is 0.00240. The fourth-order valence-electron chi connectivity index (χ4n) is 5.08. The van der Waals surface area contributed by atoms with Gasteiger partial charge in [-0.2, -0.15) is 8.42 Å². The fourth-order valence-corrected chi connectivity index (χ4v) is 5.44. The van der Waals surface area contributed by atoms with Crippen LogP contribution in [0.4, 0.5) is 4.79 Å². The number of carbonyl (C=O) groups excluding carboxylic acids is 4. The number of primary amides is 1. The van der Waals surface area contributed by atoms with Gasteiger partial charge in [0.2, 0.25) is 11.6 Å². The second kappa shape index (κ2) is 16.6. The summed E-state index contributed by atoms with van der Waals surface area (Å²) in [7, 11) is -1.53. The molecule has 14 nitrogen and oxygen atoms in total. The highest BCUT2D eigenvalue weighted by atomic mass is 32.2. The molecule has 0 aromatic rings. The van der Waals surface area contributed by atoms with Crippen molar-refractivity contribution < 1.29 is 51.5 Å². The number of ether oxygens (including phenoxy) is 3. The van der Waals surface area contributed by atoms with Gasteiger partial charge in [0, 0.05) is 43.9 Å². The number of allylic oxidation sites excluding steroid dienone is 4. The number of methoxy groups -OCH3 is 2. The molecular formula is C30H43N3O11S. The van der Waals surface area contributed by atoms with Gasteiger partial charge in [0.25, 0.3) is 16.0 Å². The van der Waals surface area contributed by atoms with Gasteiger partial charge in [0.1, 0.15) is 6.10 Å². The summed E-state index contributed by atoms with van der Waals surface area (Å²) >= 11 is 0. The van der Waals surface area contributed by atoms with E-state index in [1.54, 1.807) is 26.8 Å². The van der Waals surface area contributed by atoms with E-state index in [2.05, 4.69) is 10.6 Å². The zero-order chi connectivity index (χ0) is 34.1. The largest absolute Gasteiger partial charge is 0.439 e. The van der Waals surface area contributed by atoms with Crippen LogP contribution in [0.25, 0.3) is 0 Å². The van der Waals surface area contributed by atoms with Crippen LogP contribution in [0.15, 0.2) is 58.5 Å². The third-order valence-electron chi connectivity index (χ3n) is 7.46. The maximum atomic E-state index is 13.6. The van der Waals surface area contributed by atoms with Crippen molar-refractivity contribution in [1.29, 1.82) is 0 Å². The molecule has 0 aromatic heterocycles. The fraction of sp³-hybridized carbons (Fsp3) is 0.533. The lowest BCUT2D eigenvalue weighted by atomic mass is 9.85. The van der Waals surface area contributed by atoms with Gasteiger partial charge in [0.05, 0.1) is 29.4 Å². The second-order valence-corrected chi connectivity index (χ2v) is 12.7. The van der Waals surface area contributed by atoms with E-state index < -0.39 is 69.8 Å². The van der Waals surface area contributed by atoms with Gasteiger partial charge in [-0.25, -0.2) is 4.79 Å². The molecule has 6 N–H and O–H groups in total. The number of carbonyl (C=O) groups is 4. The molecule has 1 heterocycles. The zero-order valence-corrected chi connectivity index (χ0v) is 27.1. The molecule has 2 bridgehead atoms. The number of aliphatic hydroxyl groups excluding tert-OH is 1. The molecule has 0 aromatic carbocycles. The zero-order valence-electron chi connectivity index (χ0n) is 26.2. The molecule has 0 spiro atoms. The Bertz CT molecular complexity index is 1410. The van der Waals surface area contributed by atoms with Crippen molar-refractivity contribution >= 4 is 33.7 Å². The van der Waals surface area contributed by atoms with E-state index >= 15 is 0 Å². The van der Waals surface area contributed by atoms with Gasteiger partial charge in [-0.1, -0.05) is 38.2 Å². The number of fused-ring (bicyclic) bond motifs is 2. The van der Waals surface area contributed by atoms with Crippen LogP contribution in [-0.4, -0.2) is 92.6 Å². The molecule has 0 radical (unpaired) electrons. The first-order valence-corrected chi connectivity index (χ1v) is 15.9. The van der Waals surface area contributed by atoms with Crippen LogP contribution in [0.1, 0.15) is 40.5 Å². The summed E-state index contributed by atoms with van der Waals surface area (Å²) in [6.45, 7) is 6.36. The second-order valence-electron chi connectivity index (χ2n) is 11.1. The molecule has 0 saturated heterocycles. The Labute approximate surface area is 263 Å². The van der Waals surface area contributed by atoms with E-state index in [4.69, 9.17) is 24.5 Å². The first kappa shape index (κ1) is 37.6. The molecule has 2 rings (SSSR count). The summed E-state index contributed by atoms with van der Waals surface area (Å²) in [5, 5.41) is 16.3. The highest BCUT2D eigenvalue weighted by molar-refractivity contribution is 7.85. The lowest BCUT2D eigenvalue weighted by molar-refractivity contribution is -0.120. The highest BCUT2D eigenvalue weighted by Gasteiger charge is 2.33. The Balaban J connectivity index is 2.62. The summed E-state index contributed by atoms with van der Waals surface area (Å²) in [4.78, 5) is 51.4. The van der Waals surface area contributed by atoms with Crippen molar-refractivity contribution in [3.8, 4) is 0 Å². The van der Waals surface area contributed by atoms with Crippen molar-refractivity contribution in [2.75, 3.05) is 26.5 Å². The average molecular weight is 654 g/mol. The van der Waals surface area contributed by atoms with Crippen LogP contribution < -0.4 is 16.4 Å². The number of nitrogens with two attached hydrogens (primary N) is 1. The summed E-state index contributed by atoms with van der Waals surface area (Å²) in [6, 6.07) is 0. The Morgan fingerprint density at radius 1 is 1.16 bits per heavy atom. The molecule has 15 heteroatoms. The predicted octanol–water partition coefficient (Wildman–Crippen LogP) is 1.24. The first-order valence-electron chi connectivity index (χ1n) is 14.3. The number of ketones is 2. The predicted molar refractivity (Wildman–Crippen MR) is 164 cm³/mol. The lowest BCUT2D eigenvalue weighted by Gasteiger charge is -2.30. The van der Waals surface area contributed by atoms with Crippen molar-refractivity contribution in [2.24, 2.45) is 17.6 Å². The van der Waals surface area contributed by atoms with Crippen molar-refractivity contribution in [3.05, 3.63) is 58.5 Å². The average Bonchev–Trinajstić information content (AvgIpc) is 2.95. The van der Waals surface area contributed by atoms with Crippen molar-refractivity contribution in [2.45, 2.75) is 65.0 Å². The maximum Gasteiger partial charge on any atom is 0.405 e. The maximum absolute atomic E-state index is 13.6. The standard InChI is InChI=1S/C30H43N3O11S/c1-16-12-20-25(32-10-11-45(39,40)41)22(34)15-21(27(20)36)33-29(37)17(2)8-7-9-23(42-5)28(44-30(31)38)19(4)14-18(3)26(35)24(13-16)43-6/h7-9,14-16,18,23-24,26,28,32,35H,10-13H2,1-6H3,(H2,31,38)(H,33,37)(H,39,40,41)/b9-7+,17-8-,19-14+/t16-,18+,23+,24+,26-,28+/m1/s1. The van der Waals surface area contributed by atoms with Crippen LogP contribution in [0.5, 0.6) is 0 Å². The SMILES string of the molecule is CO[C@H]1/C=C/C=C(/C)C(=O)NC2=CC(=O)C(NCCS(=O)(=O)O)=C(C[C@@H](C)C[C@H](OC)[C@H](O)[C@@H](C)/C=C(\C)[C@@H]1OC(N)=O)C2=O. The topological polar surface area (TPSA) is 221 Å². The minimum atomic E-state index is -4.35. The van der Waals surface area contributed by atoms with Gasteiger partial charge >= 0.3 is 6.09 Å². The minimum Gasteiger partial charge on any atom is -0.439 e. The summed E-state index contributed by atoms with van der Waals surface area (Å²) in [6.07, 6.45) is 2.74. The summed E-state index contributed by atoms with van der Waals surface area (Å²) < 4.78 is 48.1. The van der Waals surface area contributed by atoms with E-state index in [0.717, 1.165) is 6.08 Å². The molecule has 6 atom stereocenters. The number of hydrogen-bond donors (Lipinski definition) is 5. The highest BCUT2D eigenvalue weighted by Crippen LogP contribution is 2.28. The van der Waals surface area contributed by atoms with Gasteiger partial charge in [-0.3, -0.25) is 18.9 Å². The van der Waals surface area contributed by atoms with E-state index in [-0.39, 0.29) is 47.8 Å². The molecule has 0 fully saturated rings. The van der Waals surface area contributed by atoms with Gasteiger partial charge < -0.3 is 35.7 Å². The van der Waals surface area contributed by atoms with Gasteiger partial charge in [-0.15, -0.1) is 0 Å². The molecule has 250 valence electrons. The van der Waals surface area contributed by atoms with Crippen LogP contribution in [0.2, 0.25) is 0 Å². The number of nitrogens with one attached hydrogen (secondary N) is 2. The Morgan fingerprint density at radius 2 is 1.82 bits per heavy atom. The molecule has 2 amide bonds. The smallest absolute Gasteiger partial charge is 0.405 e. The molecule has 0 unspecified atom stereocenters. The van der Waals surface area contributed by atoms with Crippen molar-refractivity contribution in [1.82, 2.24) is 10.6 Å². The number of amides is 2. The lowest BCUT2D eigenvalue weighted by Crippen LogP contribution is -2.38. The van der Waals surface area contributed by atoms with Crippen LogP contribution in [0.3, 0.4) is 0 Å². The number of aliphatic hydroxyl groups is 1. The van der Waals surface area contributed by atoms with E-state index in [9.17, 15) is 32.7 Å². The summed E-state index contributed by atoms with van der Waals surface area (Å²) in [5.41, 5.74) is 5.60. The van der Waals surface area contributed by atoms with Crippen LogP contribution in [-0.2, 0) is 38.7 Å². The Hall–Kier alpha value is -3.63. The third kappa shape index (κ3) is 11.0. The van der Waals surface area contributed by atoms with Crippen molar-refractivity contribution in [3.63, 3.8) is 0 Å². The molecule has 0 saturated carbocycles. The number of rotatable bonds is 7. The molecule has 1 aliphatic carbocycles. The van der Waals surface area contributed by atoms with Gasteiger partial charge in [-0.05, 0) is 38.2 Å². The molecule has 45 heavy (non-hydrogen) atoms. The summed E-state index contributed by atoms with van der Waals surface area (Å²) in [5.74, 6) is -3.58. The molecular weight excluding hydrogens is 610 g/mol. The first-order chi connectivity index (χ1) is 21.0. The van der Waals surface area contributed by atoms with Crippen LogP contribution in [0, 0.1) is 11.8 Å². The molecule has 2 aliphatic rings. The number of hydrogen-bond acceptors (Lipinski definition) is 11. The Kier molecular flexibility index (Phi) is 13.9. The van der Waals surface area contributed by atoms with E-state index in [0.29, 0.717) is 5.57 Å². The Morgan fingerprint density at radius 3 is 2.40 bits per heavy atom. The molecule has 1 aliphatic heterocycles. The monoisotopic (exact) mass is 653 g/mol. The van der Waals surface area contributed by atoms with Gasteiger partial charge in [0.15, 0.2) is 6.10 Å². The number of Topliss-reactive ketones (excluding diaryl/α,β-unsaturated/α-hetero) is 1. The van der Waals surface area contributed by atoms with E-state index in [1.165, 1.54) is 39.4 Å². The quantitative estimate of drug-likeness (QED) is 0.149.